The number of hydrogen-bond donors (Lipinski definition) is 1. The van der Waals surface area contributed by atoms with E-state index < -0.39 is 0 Å². The van der Waals surface area contributed by atoms with E-state index in [0.29, 0.717) is 0 Å². The molecule has 2 nitrogen and oxygen atoms in total. The first kappa shape index (κ1) is 11.9. The molecule has 0 aromatic heterocycles. The van der Waals surface area contributed by atoms with Gasteiger partial charge in [0.2, 0.25) is 0 Å². The quantitative estimate of drug-likeness (QED) is 0.586. The highest BCUT2D eigenvalue weighted by atomic mass is 15.1. The van der Waals surface area contributed by atoms with Crippen LogP contribution < -0.4 is 5.32 Å². The smallest absolute Gasteiger partial charge is 0.00160 e. The Labute approximate surface area is 77.3 Å². The molecule has 0 aromatic rings. The van der Waals surface area contributed by atoms with Crippen molar-refractivity contribution in [3.05, 3.63) is 0 Å². The Morgan fingerprint density at radius 1 is 1.33 bits per heavy atom. The van der Waals surface area contributed by atoms with Gasteiger partial charge in [-0.3, -0.25) is 0 Å². The molecule has 0 aliphatic rings. The number of nitrogens with zero attached hydrogens (tertiary/aromatic N) is 1. The van der Waals surface area contributed by atoms with Crippen molar-refractivity contribution in [2.75, 3.05) is 33.2 Å². The molecule has 0 saturated heterocycles. The van der Waals surface area contributed by atoms with E-state index in [-0.39, 0.29) is 0 Å². The van der Waals surface area contributed by atoms with Gasteiger partial charge in [0, 0.05) is 6.54 Å². The summed E-state index contributed by atoms with van der Waals surface area (Å²) in [5, 5.41) is 3.44. The molecule has 0 saturated carbocycles. The molecule has 1 atom stereocenters. The maximum Gasteiger partial charge on any atom is 0.00160 e. The molecule has 1 unspecified atom stereocenters. The third kappa shape index (κ3) is 6.62. The van der Waals surface area contributed by atoms with Gasteiger partial charge in [-0.05, 0) is 39.0 Å². The van der Waals surface area contributed by atoms with Gasteiger partial charge < -0.3 is 10.2 Å². The van der Waals surface area contributed by atoms with E-state index in [1.54, 1.807) is 0 Å². The third-order valence-corrected chi connectivity index (χ3v) is 2.08. The van der Waals surface area contributed by atoms with Crippen LogP contribution in [0.4, 0.5) is 0 Å². The zero-order valence-corrected chi connectivity index (χ0v) is 9.06. The molecule has 0 heterocycles. The lowest BCUT2D eigenvalue weighted by molar-refractivity contribution is 0.293. The monoisotopic (exact) mass is 172 g/mol. The van der Waals surface area contributed by atoms with Crippen molar-refractivity contribution in [2.24, 2.45) is 5.92 Å². The summed E-state index contributed by atoms with van der Waals surface area (Å²) in [6, 6.07) is 0. The SMILES string of the molecule is CCCNCC(C)CN(C)CC. The molecule has 12 heavy (non-hydrogen) atoms. The molecule has 0 aliphatic carbocycles. The predicted octanol–water partition coefficient (Wildman–Crippen LogP) is 1.57. The average Bonchev–Trinajstić information content (AvgIpc) is 2.05. The molecule has 0 radical (unpaired) electrons. The summed E-state index contributed by atoms with van der Waals surface area (Å²) < 4.78 is 0. The highest BCUT2D eigenvalue weighted by Gasteiger charge is 2.03. The standard InChI is InChI=1S/C10H24N2/c1-5-7-11-8-10(3)9-12(4)6-2/h10-11H,5-9H2,1-4H3. The van der Waals surface area contributed by atoms with Crippen LogP contribution in [0.1, 0.15) is 27.2 Å². The van der Waals surface area contributed by atoms with Crippen molar-refractivity contribution in [1.29, 1.82) is 0 Å². The van der Waals surface area contributed by atoms with Gasteiger partial charge >= 0.3 is 0 Å². The number of hydrogen-bond acceptors (Lipinski definition) is 2. The van der Waals surface area contributed by atoms with E-state index in [2.05, 4.69) is 38.0 Å². The Kier molecular flexibility index (Phi) is 7.51. The minimum Gasteiger partial charge on any atom is -0.316 e. The second-order valence-corrected chi connectivity index (χ2v) is 3.66. The summed E-state index contributed by atoms with van der Waals surface area (Å²) in [5.41, 5.74) is 0. The van der Waals surface area contributed by atoms with Gasteiger partial charge in [0.1, 0.15) is 0 Å². The van der Waals surface area contributed by atoms with Gasteiger partial charge in [-0.1, -0.05) is 20.8 Å². The fraction of sp³-hybridized carbons (Fsp3) is 1.00. The van der Waals surface area contributed by atoms with Crippen LogP contribution in [0.3, 0.4) is 0 Å². The lowest BCUT2D eigenvalue weighted by atomic mass is 10.1. The summed E-state index contributed by atoms with van der Waals surface area (Å²) in [6.07, 6.45) is 1.23. The predicted molar refractivity (Wildman–Crippen MR) is 55.5 cm³/mol. The van der Waals surface area contributed by atoms with Crippen LogP contribution in [-0.2, 0) is 0 Å². The molecule has 2 heteroatoms. The molecular weight excluding hydrogens is 148 g/mol. The fourth-order valence-corrected chi connectivity index (χ4v) is 1.25. The Bertz CT molecular complexity index is 93.8. The topological polar surface area (TPSA) is 15.3 Å². The molecule has 0 aliphatic heterocycles. The van der Waals surface area contributed by atoms with Crippen molar-refractivity contribution in [1.82, 2.24) is 10.2 Å². The highest BCUT2D eigenvalue weighted by molar-refractivity contribution is 4.60. The molecule has 0 fully saturated rings. The number of nitrogens with one attached hydrogen (secondary N) is 1. The molecule has 0 amide bonds. The van der Waals surface area contributed by atoms with E-state index in [0.717, 1.165) is 25.6 Å². The summed E-state index contributed by atoms with van der Waals surface area (Å²) in [5.74, 6) is 0.765. The second-order valence-electron chi connectivity index (χ2n) is 3.66. The zero-order valence-electron chi connectivity index (χ0n) is 9.06. The first-order chi connectivity index (χ1) is 5.70. The zero-order chi connectivity index (χ0) is 9.40. The van der Waals surface area contributed by atoms with Gasteiger partial charge in [-0.25, -0.2) is 0 Å². The van der Waals surface area contributed by atoms with Crippen molar-refractivity contribution < 1.29 is 0 Å². The van der Waals surface area contributed by atoms with Crippen LogP contribution in [0.25, 0.3) is 0 Å². The van der Waals surface area contributed by atoms with Crippen LogP contribution in [-0.4, -0.2) is 38.1 Å². The van der Waals surface area contributed by atoms with Crippen LogP contribution in [0, 0.1) is 5.92 Å². The van der Waals surface area contributed by atoms with Crippen molar-refractivity contribution in [3.63, 3.8) is 0 Å². The van der Waals surface area contributed by atoms with Crippen LogP contribution in [0.5, 0.6) is 0 Å². The van der Waals surface area contributed by atoms with E-state index in [4.69, 9.17) is 0 Å². The van der Waals surface area contributed by atoms with Gasteiger partial charge in [0.15, 0.2) is 0 Å². The first-order valence-electron chi connectivity index (χ1n) is 5.09. The molecule has 0 aromatic carbocycles. The number of rotatable bonds is 7. The maximum absolute atomic E-state index is 3.44. The van der Waals surface area contributed by atoms with Gasteiger partial charge in [-0.2, -0.15) is 0 Å². The lowest BCUT2D eigenvalue weighted by Crippen LogP contribution is -2.31. The summed E-state index contributed by atoms with van der Waals surface area (Å²) in [4.78, 5) is 2.36. The normalized spacial score (nSPS) is 13.8. The van der Waals surface area contributed by atoms with Crippen molar-refractivity contribution in [2.45, 2.75) is 27.2 Å². The molecular formula is C10H24N2. The average molecular weight is 172 g/mol. The maximum atomic E-state index is 3.44. The Hall–Kier alpha value is -0.0800. The minimum absolute atomic E-state index is 0.765. The third-order valence-electron chi connectivity index (χ3n) is 2.08. The van der Waals surface area contributed by atoms with E-state index in [1.807, 2.05) is 0 Å². The van der Waals surface area contributed by atoms with Crippen LogP contribution in [0.2, 0.25) is 0 Å². The first-order valence-corrected chi connectivity index (χ1v) is 5.09. The summed E-state index contributed by atoms with van der Waals surface area (Å²) in [6.45, 7) is 11.4. The van der Waals surface area contributed by atoms with Crippen molar-refractivity contribution in [3.8, 4) is 0 Å². The van der Waals surface area contributed by atoms with Gasteiger partial charge in [0.05, 0.1) is 0 Å². The van der Waals surface area contributed by atoms with E-state index in [9.17, 15) is 0 Å². The second kappa shape index (κ2) is 7.56. The van der Waals surface area contributed by atoms with E-state index >= 15 is 0 Å². The largest absolute Gasteiger partial charge is 0.316 e. The molecule has 74 valence electrons. The molecule has 1 N–H and O–H groups in total. The molecule has 0 bridgehead atoms. The van der Waals surface area contributed by atoms with Crippen molar-refractivity contribution >= 4 is 0 Å². The Balaban J connectivity index is 3.26. The van der Waals surface area contributed by atoms with Gasteiger partial charge in [-0.15, -0.1) is 0 Å². The van der Waals surface area contributed by atoms with Crippen LogP contribution in [0.15, 0.2) is 0 Å². The summed E-state index contributed by atoms with van der Waals surface area (Å²) in [7, 11) is 2.18. The molecule has 0 rings (SSSR count). The highest BCUT2D eigenvalue weighted by Crippen LogP contribution is 1.95. The van der Waals surface area contributed by atoms with Crippen LogP contribution >= 0.6 is 0 Å². The Morgan fingerprint density at radius 3 is 2.50 bits per heavy atom. The molecule has 0 spiro atoms. The Morgan fingerprint density at radius 2 is 2.00 bits per heavy atom. The summed E-state index contributed by atoms with van der Waals surface area (Å²) >= 11 is 0. The minimum atomic E-state index is 0.765. The lowest BCUT2D eigenvalue weighted by Gasteiger charge is -2.19. The van der Waals surface area contributed by atoms with E-state index in [1.165, 1.54) is 13.0 Å². The fourth-order valence-electron chi connectivity index (χ4n) is 1.25. The van der Waals surface area contributed by atoms with Gasteiger partial charge in [0.25, 0.3) is 0 Å².